The number of nitrogen functional groups attached to an aromatic ring is 1. The number of benzene rings is 1. The molecule has 1 heterocycles. The smallest absolute Gasteiger partial charge is 0.206 e. The molecule has 0 bridgehead atoms. The summed E-state index contributed by atoms with van der Waals surface area (Å²) in [6.07, 6.45) is 0. The van der Waals surface area contributed by atoms with Gasteiger partial charge in [0.2, 0.25) is 10.3 Å². The summed E-state index contributed by atoms with van der Waals surface area (Å²) in [5.41, 5.74) is 5.38. The minimum atomic E-state index is -0.886. The van der Waals surface area contributed by atoms with Crippen LogP contribution in [0.1, 0.15) is 0 Å². The number of nitrogens with two attached hydrogens (primary N) is 1. The molecule has 0 aliphatic carbocycles. The Morgan fingerprint density at radius 2 is 2.07 bits per heavy atom. The topological polar surface area (TPSA) is 51.8 Å². The minimum absolute atomic E-state index is 0.347. The van der Waals surface area contributed by atoms with Crippen LogP contribution in [-0.4, -0.2) is 9.36 Å². The molecule has 0 saturated heterocycles. The quantitative estimate of drug-likeness (QED) is 0.883. The zero-order chi connectivity index (χ0) is 10.8. The summed E-state index contributed by atoms with van der Waals surface area (Å²) in [6, 6.07) is 3.62. The van der Waals surface area contributed by atoms with Crippen LogP contribution >= 0.6 is 23.3 Å². The summed E-state index contributed by atoms with van der Waals surface area (Å²) < 4.78 is 29.4. The van der Waals surface area contributed by atoms with Gasteiger partial charge in [0.25, 0.3) is 0 Å². The summed E-state index contributed by atoms with van der Waals surface area (Å²) in [5, 5.41) is 0.781. The maximum absolute atomic E-state index is 12.8. The fraction of sp³-hybridized carbons (Fsp3) is 0. The van der Waals surface area contributed by atoms with Crippen LogP contribution in [0.25, 0.3) is 0 Å². The molecule has 2 rings (SSSR count). The SMILES string of the molecule is Nc1nc(Sc2ccc(F)c(F)c2)ns1. The third-order valence-electron chi connectivity index (χ3n) is 1.52. The third kappa shape index (κ3) is 2.42. The molecule has 2 N–H and O–H groups in total. The number of hydrogen-bond acceptors (Lipinski definition) is 5. The summed E-state index contributed by atoms with van der Waals surface area (Å²) in [6.45, 7) is 0. The zero-order valence-corrected chi connectivity index (χ0v) is 8.91. The Bertz CT molecular complexity index is 486. The standard InChI is InChI=1S/C8H5F2N3S2/c9-5-2-1-4(3-6(5)10)14-8-12-7(11)15-13-8/h1-3H,(H2,11,12,13). The van der Waals surface area contributed by atoms with E-state index in [4.69, 9.17) is 5.73 Å². The summed E-state index contributed by atoms with van der Waals surface area (Å²) in [5.74, 6) is -1.76. The molecule has 7 heteroatoms. The van der Waals surface area contributed by atoms with Gasteiger partial charge in [-0.3, -0.25) is 0 Å². The molecule has 0 aliphatic rings. The molecule has 1 aromatic heterocycles. The van der Waals surface area contributed by atoms with Gasteiger partial charge in [0.1, 0.15) is 0 Å². The second kappa shape index (κ2) is 4.11. The average Bonchev–Trinajstić information content (AvgIpc) is 2.58. The van der Waals surface area contributed by atoms with Crippen LogP contribution in [0.4, 0.5) is 13.9 Å². The molecular formula is C8H5F2N3S2. The third-order valence-corrected chi connectivity index (χ3v) is 3.04. The minimum Gasteiger partial charge on any atom is -0.374 e. The van der Waals surface area contributed by atoms with Gasteiger partial charge in [-0.1, -0.05) is 0 Å². The fourth-order valence-corrected chi connectivity index (χ4v) is 2.22. The van der Waals surface area contributed by atoms with Crippen molar-refractivity contribution in [2.45, 2.75) is 10.1 Å². The molecule has 0 atom stereocenters. The van der Waals surface area contributed by atoms with Crippen molar-refractivity contribution in [3.05, 3.63) is 29.8 Å². The summed E-state index contributed by atoms with van der Waals surface area (Å²) in [4.78, 5) is 4.42. The molecular weight excluding hydrogens is 240 g/mol. The molecule has 0 unspecified atom stereocenters. The number of anilines is 1. The highest BCUT2D eigenvalue weighted by molar-refractivity contribution is 7.99. The van der Waals surface area contributed by atoms with E-state index in [0.29, 0.717) is 15.2 Å². The second-order valence-electron chi connectivity index (χ2n) is 2.59. The van der Waals surface area contributed by atoms with Crippen molar-refractivity contribution in [3.8, 4) is 0 Å². The molecule has 0 saturated carbocycles. The van der Waals surface area contributed by atoms with Crippen molar-refractivity contribution in [1.82, 2.24) is 9.36 Å². The first-order valence-electron chi connectivity index (χ1n) is 3.87. The van der Waals surface area contributed by atoms with Crippen LogP contribution in [0.2, 0.25) is 0 Å². The Morgan fingerprint density at radius 1 is 1.27 bits per heavy atom. The number of hydrogen-bond donors (Lipinski definition) is 1. The highest BCUT2D eigenvalue weighted by Crippen LogP contribution is 2.27. The molecule has 0 spiro atoms. The van der Waals surface area contributed by atoms with Gasteiger partial charge in [-0.25, -0.2) is 8.78 Å². The Kier molecular flexibility index (Phi) is 2.83. The maximum Gasteiger partial charge on any atom is 0.206 e. The van der Waals surface area contributed by atoms with Crippen molar-refractivity contribution in [1.29, 1.82) is 0 Å². The number of rotatable bonds is 2. The first kappa shape index (κ1) is 10.3. The highest BCUT2D eigenvalue weighted by Gasteiger charge is 2.07. The van der Waals surface area contributed by atoms with Gasteiger partial charge in [0.05, 0.1) is 0 Å². The van der Waals surface area contributed by atoms with Crippen LogP contribution in [0, 0.1) is 11.6 Å². The zero-order valence-electron chi connectivity index (χ0n) is 7.28. The van der Waals surface area contributed by atoms with Crippen LogP contribution < -0.4 is 5.73 Å². The van der Waals surface area contributed by atoms with E-state index in [9.17, 15) is 8.78 Å². The van der Waals surface area contributed by atoms with Crippen molar-refractivity contribution in [3.63, 3.8) is 0 Å². The van der Waals surface area contributed by atoms with E-state index in [-0.39, 0.29) is 0 Å². The van der Waals surface area contributed by atoms with E-state index < -0.39 is 11.6 Å². The van der Waals surface area contributed by atoms with Crippen LogP contribution in [0.5, 0.6) is 0 Å². The molecule has 0 aliphatic heterocycles. The molecule has 1 aromatic carbocycles. The van der Waals surface area contributed by atoms with Gasteiger partial charge in [0, 0.05) is 16.4 Å². The van der Waals surface area contributed by atoms with Gasteiger partial charge < -0.3 is 5.73 Å². The Hall–Kier alpha value is -1.21. The molecule has 3 nitrogen and oxygen atoms in total. The predicted molar refractivity (Wildman–Crippen MR) is 54.8 cm³/mol. The van der Waals surface area contributed by atoms with E-state index in [1.165, 1.54) is 6.07 Å². The first-order valence-corrected chi connectivity index (χ1v) is 5.46. The normalized spacial score (nSPS) is 10.5. The molecule has 0 fully saturated rings. The van der Waals surface area contributed by atoms with Crippen LogP contribution in [0.15, 0.2) is 28.3 Å². The van der Waals surface area contributed by atoms with Crippen molar-refractivity contribution in [2.75, 3.05) is 5.73 Å². The fourth-order valence-electron chi connectivity index (χ4n) is 0.908. The van der Waals surface area contributed by atoms with Gasteiger partial charge >= 0.3 is 0 Å². The van der Waals surface area contributed by atoms with E-state index in [2.05, 4.69) is 9.36 Å². The lowest BCUT2D eigenvalue weighted by Crippen LogP contribution is -1.85. The summed E-state index contributed by atoms with van der Waals surface area (Å²) in [7, 11) is 0. The average molecular weight is 245 g/mol. The Balaban J connectivity index is 2.21. The lowest BCUT2D eigenvalue weighted by atomic mass is 10.3. The molecule has 78 valence electrons. The van der Waals surface area contributed by atoms with Gasteiger partial charge in [0.15, 0.2) is 11.6 Å². The first-order chi connectivity index (χ1) is 7.15. The lowest BCUT2D eigenvalue weighted by molar-refractivity contribution is 0.506. The van der Waals surface area contributed by atoms with Gasteiger partial charge in [-0.15, -0.1) is 0 Å². The van der Waals surface area contributed by atoms with E-state index in [0.717, 1.165) is 35.4 Å². The van der Waals surface area contributed by atoms with Gasteiger partial charge in [-0.2, -0.15) is 9.36 Å². The van der Waals surface area contributed by atoms with Crippen molar-refractivity contribution in [2.24, 2.45) is 0 Å². The molecule has 15 heavy (non-hydrogen) atoms. The second-order valence-corrected chi connectivity index (χ2v) is 4.42. The predicted octanol–water partition coefficient (Wildman–Crippen LogP) is 2.55. The van der Waals surface area contributed by atoms with Crippen molar-refractivity contribution < 1.29 is 8.78 Å². The van der Waals surface area contributed by atoms with Crippen LogP contribution in [-0.2, 0) is 0 Å². The number of halogens is 2. The Labute approximate surface area is 92.5 Å². The van der Waals surface area contributed by atoms with Gasteiger partial charge in [-0.05, 0) is 30.0 Å². The molecule has 2 aromatic rings. The van der Waals surface area contributed by atoms with E-state index in [1.807, 2.05) is 0 Å². The highest BCUT2D eigenvalue weighted by atomic mass is 32.2. The Morgan fingerprint density at radius 3 is 2.67 bits per heavy atom. The largest absolute Gasteiger partial charge is 0.374 e. The number of aromatic nitrogens is 2. The number of nitrogens with zero attached hydrogens (tertiary/aromatic N) is 2. The summed E-state index contributed by atoms with van der Waals surface area (Å²) >= 11 is 2.19. The van der Waals surface area contributed by atoms with Crippen LogP contribution in [0.3, 0.4) is 0 Å². The molecule has 0 amide bonds. The van der Waals surface area contributed by atoms with E-state index >= 15 is 0 Å². The monoisotopic (exact) mass is 245 g/mol. The lowest BCUT2D eigenvalue weighted by Gasteiger charge is -1.97. The van der Waals surface area contributed by atoms with Crippen molar-refractivity contribution >= 4 is 28.4 Å². The maximum atomic E-state index is 12.8. The molecule has 0 radical (unpaired) electrons. The van der Waals surface area contributed by atoms with E-state index in [1.54, 1.807) is 0 Å².